The highest BCUT2D eigenvalue weighted by Gasteiger charge is 2.11. The zero-order valence-corrected chi connectivity index (χ0v) is 17.0. The molecule has 0 atom stereocenters. The van der Waals surface area contributed by atoms with Gasteiger partial charge < -0.3 is 4.90 Å². The van der Waals surface area contributed by atoms with Crippen LogP contribution in [-0.2, 0) is 0 Å². The van der Waals surface area contributed by atoms with Gasteiger partial charge in [0.15, 0.2) is 0 Å². The molecular weight excluding hydrogens is 406 g/mol. The van der Waals surface area contributed by atoms with Crippen molar-refractivity contribution in [1.82, 2.24) is 0 Å². The molecule has 28 heavy (non-hydrogen) atoms. The van der Waals surface area contributed by atoms with Gasteiger partial charge in [0.2, 0.25) is 0 Å². The molecule has 4 rings (SSSR count). The molecule has 0 spiro atoms. The predicted octanol–water partition coefficient (Wildman–Crippen LogP) is 8.09. The van der Waals surface area contributed by atoms with Crippen LogP contribution >= 0.6 is 15.9 Å². The molecule has 2 heteroatoms. The van der Waals surface area contributed by atoms with Crippen molar-refractivity contribution in [3.8, 4) is 0 Å². The molecule has 4 aromatic carbocycles. The highest BCUT2D eigenvalue weighted by atomic mass is 79.9. The summed E-state index contributed by atoms with van der Waals surface area (Å²) in [6, 6.07) is 37.9. The topological polar surface area (TPSA) is 3.24 Å². The quantitative estimate of drug-likeness (QED) is 0.292. The van der Waals surface area contributed by atoms with Crippen molar-refractivity contribution in [2.45, 2.75) is 0 Å². The molecule has 0 unspecified atom stereocenters. The smallest absolute Gasteiger partial charge is 0.0462 e. The van der Waals surface area contributed by atoms with Crippen molar-refractivity contribution in [3.63, 3.8) is 0 Å². The van der Waals surface area contributed by atoms with Gasteiger partial charge in [-0.1, -0.05) is 88.7 Å². The van der Waals surface area contributed by atoms with Gasteiger partial charge >= 0.3 is 0 Å². The van der Waals surface area contributed by atoms with Crippen molar-refractivity contribution in [1.29, 1.82) is 0 Å². The first-order valence-electron chi connectivity index (χ1n) is 9.23. The summed E-state index contributed by atoms with van der Waals surface area (Å²) in [4.78, 5) is 2.27. The number of para-hydroxylation sites is 2. The number of hydrogen-bond acceptors (Lipinski definition) is 1. The minimum Gasteiger partial charge on any atom is -0.311 e. The Morgan fingerprint density at radius 2 is 0.857 bits per heavy atom. The first-order valence-corrected chi connectivity index (χ1v) is 10.0. The lowest BCUT2D eigenvalue weighted by molar-refractivity contribution is 1.28. The summed E-state index contributed by atoms with van der Waals surface area (Å²) in [5.41, 5.74) is 5.78. The predicted molar refractivity (Wildman–Crippen MR) is 124 cm³/mol. The van der Waals surface area contributed by atoms with Crippen molar-refractivity contribution in [2.75, 3.05) is 4.90 Å². The van der Waals surface area contributed by atoms with Crippen molar-refractivity contribution in [3.05, 3.63) is 125 Å². The molecule has 0 aliphatic rings. The van der Waals surface area contributed by atoms with E-state index in [-0.39, 0.29) is 0 Å². The van der Waals surface area contributed by atoms with E-state index in [1.165, 1.54) is 11.1 Å². The van der Waals surface area contributed by atoms with E-state index in [2.05, 4.69) is 130 Å². The van der Waals surface area contributed by atoms with Crippen LogP contribution in [-0.4, -0.2) is 0 Å². The van der Waals surface area contributed by atoms with Gasteiger partial charge in [-0.15, -0.1) is 0 Å². The number of anilines is 3. The Balaban J connectivity index is 1.62. The van der Waals surface area contributed by atoms with E-state index in [4.69, 9.17) is 0 Å². The Morgan fingerprint density at radius 3 is 1.32 bits per heavy atom. The number of benzene rings is 4. The minimum atomic E-state index is 1.09. The standard InChI is InChI=1S/C26H20BrN/c27-23-17-13-21(14-18-23)11-12-22-15-19-26(20-16-22)28(24-7-3-1-4-8-24)25-9-5-2-6-10-25/h1-20H/b12-11-. The number of nitrogens with zero attached hydrogens (tertiary/aromatic N) is 1. The van der Waals surface area contributed by atoms with Crippen LogP contribution < -0.4 is 4.90 Å². The summed E-state index contributed by atoms with van der Waals surface area (Å²) in [5.74, 6) is 0. The maximum Gasteiger partial charge on any atom is 0.0462 e. The molecule has 0 aliphatic carbocycles. The van der Waals surface area contributed by atoms with Crippen LogP contribution in [0.25, 0.3) is 12.2 Å². The lowest BCUT2D eigenvalue weighted by Gasteiger charge is -2.25. The SMILES string of the molecule is Brc1ccc(/C=C\c2ccc(N(c3ccccc3)c3ccccc3)cc2)cc1. The molecule has 0 aliphatic heterocycles. The van der Waals surface area contributed by atoms with Gasteiger partial charge in [-0.2, -0.15) is 0 Å². The molecule has 0 N–H and O–H groups in total. The summed E-state index contributed by atoms with van der Waals surface area (Å²) < 4.78 is 1.09. The van der Waals surface area contributed by atoms with Crippen LogP contribution in [0.2, 0.25) is 0 Å². The van der Waals surface area contributed by atoms with Crippen molar-refractivity contribution in [2.24, 2.45) is 0 Å². The van der Waals surface area contributed by atoms with Crippen LogP contribution in [0, 0.1) is 0 Å². The first kappa shape index (κ1) is 18.3. The van der Waals surface area contributed by atoms with Crippen molar-refractivity contribution >= 4 is 45.1 Å². The molecule has 4 aromatic rings. The molecule has 0 bridgehead atoms. The monoisotopic (exact) mass is 425 g/mol. The Labute approximate surface area is 174 Å². The maximum absolute atomic E-state index is 3.47. The number of hydrogen-bond donors (Lipinski definition) is 0. The average Bonchev–Trinajstić information content (AvgIpc) is 2.76. The van der Waals surface area contributed by atoms with E-state index in [1.807, 2.05) is 12.1 Å². The van der Waals surface area contributed by atoms with Crippen LogP contribution in [0.1, 0.15) is 11.1 Å². The second-order valence-corrected chi connectivity index (χ2v) is 7.40. The molecule has 0 amide bonds. The number of rotatable bonds is 5. The molecule has 1 nitrogen and oxygen atoms in total. The minimum absolute atomic E-state index is 1.09. The van der Waals surface area contributed by atoms with Gasteiger partial charge in [-0.25, -0.2) is 0 Å². The molecule has 0 aromatic heterocycles. The number of halogens is 1. The fraction of sp³-hybridized carbons (Fsp3) is 0. The Morgan fingerprint density at radius 1 is 0.464 bits per heavy atom. The van der Waals surface area contributed by atoms with E-state index < -0.39 is 0 Å². The van der Waals surface area contributed by atoms with Crippen LogP contribution in [0.15, 0.2) is 114 Å². The zero-order chi connectivity index (χ0) is 19.2. The van der Waals surface area contributed by atoms with Gasteiger partial charge in [0.25, 0.3) is 0 Å². The lowest BCUT2D eigenvalue weighted by Crippen LogP contribution is -2.09. The third kappa shape index (κ3) is 4.41. The summed E-state index contributed by atoms with van der Waals surface area (Å²) in [7, 11) is 0. The average molecular weight is 426 g/mol. The third-order valence-corrected chi connectivity index (χ3v) is 5.05. The van der Waals surface area contributed by atoms with Gasteiger partial charge in [0.05, 0.1) is 0 Å². The van der Waals surface area contributed by atoms with Crippen molar-refractivity contribution < 1.29 is 0 Å². The molecule has 0 fully saturated rings. The van der Waals surface area contributed by atoms with Crippen LogP contribution in [0.3, 0.4) is 0 Å². The van der Waals surface area contributed by atoms with Gasteiger partial charge in [0.1, 0.15) is 0 Å². The Hall–Kier alpha value is -3.10. The summed E-state index contributed by atoms with van der Waals surface area (Å²) in [6.45, 7) is 0. The fourth-order valence-electron chi connectivity index (χ4n) is 3.10. The first-order chi connectivity index (χ1) is 13.8. The van der Waals surface area contributed by atoms with E-state index in [0.29, 0.717) is 0 Å². The maximum atomic E-state index is 3.47. The summed E-state index contributed by atoms with van der Waals surface area (Å²) in [6.07, 6.45) is 4.27. The molecule has 136 valence electrons. The van der Waals surface area contributed by atoms with E-state index >= 15 is 0 Å². The molecule has 0 saturated heterocycles. The second-order valence-electron chi connectivity index (χ2n) is 6.48. The van der Waals surface area contributed by atoms with Gasteiger partial charge in [-0.3, -0.25) is 0 Å². The Kier molecular flexibility index (Phi) is 5.69. The highest BCUT2D eigenvalue weighted by Crippen LogP contribution is 2.34. The normalized spacial score (nSPS) is 10.9. The lowest BCUT2D eigenvalue weighted by atomic mass is 10.1. The van der Waals surface area contributed by atoms with E-state index in [9.17, 15) is 0 Å². The largest absolute Gasteiger partial charge is 0.311 e. The van der Waals surface area contributed by atoms with Crippen LogP contribution in [0.4, 0.5) is 17.1 Å². The third-order valence-electron chi connectivity index (χ3n) is 4.52. The Bertz CT molecular complexity index is 998. The second kappa shape index (κ2) is 8.73. The summed E-state index contributed by atoms with van der Waals surface area (Å²) >= 11 is 3.47. The van der Waals surface area contributed by atoms with Gasteiger partial charge in [-0.05, 0) is 59.7 Å². The molecule has 0 radical (unpaired) electrons. The molecular formula is C26H20BrN. The van der Waals surface area contributed by atoms with Crippen LogP contribution in [0.5, 0.6) is 0 Å². The summed E-state index contributed by atoms with van der Waals surface area (Å²) in [5, 5.41) is 0. The fourth-order valence-corrected chi connectivity index (χ4v) is 3.37. The van der Waals surface area contributed by atoms with Gasteiger partial charge in [0, 0.05) is 21.5 Å². The zero-order valence-electron chi connectivity index (χ0n) is 15.4. The molecule has 0 saturated carbocycles. The van der Waals surface area contributed by atoms with E-state index in [1.54, 1.807) is 0 Å². The van der Waals surface area contributed by atoms with E-state index in [0.717, 1.165) is 21.5 Å². The molecule has 0 heterocycles. The highest BCUT2D eigenvalue weighted by molar-refractivity contribution is 9.10.